The molecule has 2 fully saturated rings. The Hall–Kier alpha value is -4.67. The number of nitrogens with zero attached hydrogens (tertiary/aromatic N) is 5. The molecule has 1 atom stereocenters. The molecule has 3 amide bonds. The van der Waals surface area contributed by atoms with Gasteiger partial charge in [0.1, 0.15) is 11.9 Å². The van der Waals surface area contributed by atoms with Gasteiger partial charge in [-0.25, -0.2) is 15.0 Å². The zero-order chi connectivity index (χ0) is 30.9. The highest BCUT2D eigenvalue weighted by Crippen LogP contribution is 2.34. The fourth-order valence-electron chi connectivity index (χ4n) is 6.46. The maximum Gasteiger partial charge on any atom is 0.255 e. The van der Waals surface area contributed by atoms with Crippen molar-refractivity contribution in [2.45, 2.75) is 50.7 Å². The molecule has 2 saturated heterocycles. The molecular formula is C34H32ClN7O3. The average molecular weight is 622 g/mol. The molecule has 0 saturated carbocycles. The molecule has 10 nitrogen and oxygen atoms in total. The Balaban J connectivity index is 0.918. The average Bonchev–Trinajstić information content (AvgIpc) is 3.38. The zero-order valence-corrected chi connectivity index (χ0v) is 25.3. The Labute approximate surface area is 265 Å². The molecule has 228 valence electrons. The number of benzene rings is 2. The molecule has 1 unspecified atom stereocenters. The van der Waals surface area contributed by atoms with Gasteiger partial charge in [-0.2, -0.15) is 0 Å². The number of fused-ring (bicyclic) bond motifs is 1. The second kappa shape index (κ2) is 12.4. The first-order chi connectivity index (χ1) is 21.9. The smallest absolute Gasteiger partial charge is 0.255 e. The summed E-state index contributed by atoms with van der Waals surface area (Å²) < 4.78 is 0. The van der Waals surface area contributed by atoms with Gasteiger partial charge in [0.25, 0.3) is 5.91 Å². The van der Waals surface area contributed by atoms with Gasteiger partial charge in [-0.3, -0.25) is 24.6 Å². The number of hydrogen-bond acceptors (Lipinski definition) is 8. The summed E-state index contributed by atoms with van der Waals surface area (Å²) in [5, 5.41) is 5.92. The van der Waals surface area contributed by atoms with E-state index in [4.69, 9.17) is 11.6 Å². The summed E-state index contributed by atoms with van der Waals surface area (Å²) in [5.74, 6) is 0.760. The third kappa shape index (κ3) is 6.29. The number of carbonyl (C=O) groups is 3. The highest BCUT2D eigenvalue weighted by Gasteiger charge is 2.39. The van der Waals surface area contributed by atoms with Crippen LogP contribution >= 0.6 is 11.6 Å². The molecule has 2 aromatic carbocycles. The van der Waals surface area contributed by atoms with Crippen molar-refractivity contribution in [3.05, 3.63) is 100 Å². The summed E-state index contributed by atoms with van der Waals surface area (Å²) in [6.45, 7) is 3.31. The van der Waals surface area contributed by atoms with Crippen LogP contribution in [0.25, 0.3) is 11.1 Å². The minimum Gasteiger partial charge on any atom is -0.322 e. The fourth-order valence-corrected chi connectivity index (χ4v) is 6.56. The summed E-state index contributed by atoms with van der Waals surface area (Å²) in [6.07, 6.45) is 7.64. The van der Waals surface area contributed by atoms with Crippen LogP contribution in [0.15, 0.2) is 73.2 Å². The van der Waals surface area contributed by atoms with E-state index >= 15 is 0 Å². The lowest BCUT2D eigenvalue weighted by atomic mass is 9.87. The summed E-state index contributed by atoms with van der Waals surface area (Å²) in [5.41, 5.74) is 6.30. The van der Waals surface area contributed by atoms with Gasteiger partial charge in [-0.1, -0.05) is 48.0 Å². The van der Waals surface area contributed by atoms with Crippen LogP contribution in [0.3, 0.4) is 0 Å². The van der Waals surface area contributed by atoms with Gasteiger partial charge in [0.2, 0.25) is 17.8 Å². The number of aromatic nitrogens is 3. The van der Waals surface area contributed by atoms with Crippen molar-refractivity contribution in [1.82, 2.24) is 30.1 Å². The number of hydrogen-bond donors (Lipinski definition) is 2. The highest BCUT2D eigenvalue weighted by molar-refractivity contribution is 6.30. The van der Waals surface area contributed by atoms with E-state index in [0.29, 0.717) is 41.2 Å². The molecule has 0 bridgehead atoms. The number of piperidine rings is 2. The molecule has 2 N–H and O–H groups in total. The number of nitrogens with one attached hydrogen (secondary N) is 2. The Morgan fingerprint density at radius 1 is 0.867 bits per heavy atom. The third-order valence-electron chi connectivity index (χ3n) is 8.92. The molecule has 3 aliphatic rings. The number of rotatable bonds is 7. The molecular weight excluding hydrogens is 590 g/mol. The molecule has 45 heavy (non-hydrogen) atoms. The quantitative estimate of drug-likeness (QED) is 0.274. The third-order valence-corrected chi connectivity index (χ3v) is 9.12. The van der Waals surface area contributed by atoms with Gasteiger partial charge in [0.15, 0.2) is 0 Å². The van der Waals surface area contributed by atoms with Crippen LogP contribution in [0, 0.1) is 0 Å². The number of pyridine rings is 1. The van der Waals surface area contributed by atoms with Gasteiger partial charge in [-0.15, -0.1) is 0 Å². The van der Waals surface area contributed by atoms with E-state index in [2.05, 4.69) is 66.9 Å². The van der Waals surface area contributed by atoms with Gasteiger partial charge < -0.3 is 10.2 Å². The molecule has 0 aliphatic carbocycles. The number of imide groups is 1. The molecule has 11 heteroatoms. The molecule has 7 rings (SSSR count). The van der Waals surface area contributed by atoms with E-state index in [9.17, 15) is 14.4 Å². The van der Waals surface area contributed by atoms with Crippen molar-refractivity contribution in [2.75, 3.05) is 18.4 Å². The first-order valence-electron chi connectivity index (χ1n) is 15.2. The van der Waals surface area contributed by atoms with Crippen LogP contribution in [0.2, 0.25) is 5.02 Å². The molecule has 5 heterocycles. The molecule has 2 aromatic heterocycles. The standard InChI is InChI=1S/C34H32ClN7O3/c35-27-17-37-34(38-18-27)39-30-9-6-25(16-36-30)22-3-1-21(2-4-22)19-41-13-11-23(12-14-41)24-5-7-28-26(15-24)20-42(33(28)45)29-8-10-31(43)40-32(29)44/h1-7,9,15-18,23,29H,8,10-14,19-20H2,(H,40,43,44)(H,36,37,38,39). The Kier molecular flexibility index (Phi) is 7.99. The van der Waals surface area contributed by atoms with Crippen molar-refractivity contribution in [2.24, 2.45) is 0 Å². The first-order valence-corrected chi connectivity index (χ1v) is 15.6. The van der Waals surface area contributed by atoms with Crippen LogP contribution in [0.5, 0.6) is 0 Å². The van der Waals surface area contributed by atoms with Gasteiger partial charge in [-0.05, 0) is 78.7 Å². The van der Waals surface area contributed by atoms with Crippen molar-refractivity contribution < 1.29 is 14.4 Å². The van der Waals surface area contributed by atoms with Gasteiger partial charge in [0.05, 0.1) is 17.4 Å². The predicted octanol–water partition coefficient (Wildman–Crippen LogP) is 5.08. The number of amides is 3. The second-order valence-corrected chi connectivity index (χ2v) is 12.3. The summed E-state index contributed by atoms with van der Waals surface area (Å²) in [7, 11) is 0. The van der Waals surface area contributed by atoms with Gasteiger partial charge >= 0.3 is 0 Å². The zero-order valence-electron chi connectivity index (χ0n) is 24.6. The lowest BCUT2D eigenvalue weighted by Gasteiger charge is -2.32. The van der Waals surface area contributed by atoms with Crippen LogP contribution in [-0.2, 0) is 22.7 Å². The van der Waals surface area contributed by atoms with Crippen molar-refractivity contribution >= 4 is 41.1 Å². The monoisotopic (exact) mass is 621 g/mol. The minimum absolute atomic E-state index is 0.124. The van der Waals surface area contributed by atoms with Crippen LogP contribution in [0.1, 0.15) is 58.6 Å². The highest BCUT2D eigenvalue weighted by atomic mass is 35.5. The Morgan fingerprint density at radius 2 is 1.62 bits per heavy atom. The minimum atomic E-state index is -0.584. The largest absolute Gasteiger partial charge is 0.322 e. The molecule has 0 radical (unpaired) electrons. The lowest BCUT2D eigenvalue weighted by Crippen LogP contribution is -2.52. The van der Waals surface area contributed by atoms with Crippen molar-refractivity contribution in [3.8, 4) is 11.1 Å². The van der Waals surface area contributed by atoms with Crippen LogP contribution in [0.4, 0.5) is 11.8 Å². The second-order valence-electron chi connectivity index (χ2n) is 11.8. The number of halogens is 1. The summed E-state index contributed by atoms with van der Waals surface area (Å²) in [6, 6.07) is 18.1. The van der Waals surface area contributed by atoms with Crippen LogP contribution < -0.4 is 10.6 Å². The van der Waals surface area contributed by atoms with E-state index in [1.165, 1.54) is 23.5 Å². The van der Waals surface area contributed by atoms with E-state index in [1.54, 1.807) is 4.90 Å². The van der Waals surface area contributed by atoms with Crippen molar-refractivity contribution in [1.29, 1.82) is 0 Å². The number of carbonyl (C=O) groups excluding carboxylic acids is 3. The Morgan fingerprint density at radius 3 is 2.33 bits per heavy atom. The van der Waals surface area contributed by atoms with E-state index in [1.807, 2.05) is 24.4 Å². The molecule has 4 aromatic rings. The topological polar surface area (TPSA) is 120 Å². The van der Waals surface area contributed by atoms with Crippen LogP contribution in [-0.4, -0.2) is 61.6 Å². The first kappa shape index (κ1) is 29.1. The van der Waals surface area contributed by atoms with Crippen molar-refractivity contribution in [3.63, 3.8) is 0 Å². The lowest BCUT2D eigenvalue weighted by molar-refractivity contribution is -0.136. The maximum atomic E-state index is 13.1. The summed E-state index contributed by atoms with van der Waals surface area (Å²) >= 11 is 5.85. The fraction of sp³-hybridized carbons (Fsp3) is 0.294. The molecule has 0 spiro atoms. The van der Waals surface area contributed by atoms with E-state index < -0.39 is 6.04 Å². The number of anilines is 2. The maximum absolute atomic E-state index is 13.1. The van der Waals surface area contributed by atoms with E-state index in [-0.39, 0.29) is 24.1 Å². The molecule has 3 aliphatic heterocycles. The summed E-state index contributed by atoms with van der Waals surface area (Å²) in [4.78, 5) is 53.9. The van der Waals surface area contributed by atoms with Gasteiger partial charge in [0, 0.05) is 36.8 Å². The normalized spacial score (nSPS) is 19.0. The predicted molar refractivity (Wildman–Crippen MR) is 170 cm³/mol. The Bertz CT molecular complexity index is 1740. The SMILES string of the molecule is O=C1CCC(N2Cc3cc(C4CCN(Cc5ccc(-c6ccc(Nc7ncc(Cl)cn7)nc6)cc5)CC4)ccc3C2=O)C(=O)N1. The number of likely N-dealkylation sites (tertiary alicyclic amines) is 1. The van der Waals surface area contributed by atoms with E-state index in [0.717, 1.165) is 49.2 Å².